The summed E-state index contributed by atoms with van der Waals surface area (Å²) in [7, 11) is 0. The lowest BCUT2D eigenvalue weighted by Gasteiger charge is -2.21. The Morgan fingerprint density at radius 2 is 2.43 bits per heavy atom. The van der Waals surface area contributed by atoms with Gasteiger partial charge >= 0.3 is 5.97 Å². The van der Waals surface area contributed by atoms with E-state index in [9.17, 15) is 4.79 Å². The van der Waals surface area contributed by atoms with Gasteiger partial charge in [-0.2, -0.15) is 0 Å². The third kappa shape index (κ3) is 3.47. The predicted molar refractivity (Wildman–Crippen MR) is 53.2 cm³/mol. The molecule has 0 aromatic heterocycles. The van der Waals surface area contributed by atoms with Gasteiger partial charge in [-0.1, -0.05) is 6.58 Å². The highest BCUT2D eigenvalue weighted by atomic mass is 16.5. The molecule has 1 aliphatic rings. The third-order valence-corrected chi connectivity index (χ3v) is 2.25. The first-order chi connectivity index (χ1) is 6.59. The van der Waals surface area contributed by atoms with Crippen LogP contribution in [0, 0.1) is 0 Å². The van der Waals surface area contributed by atoms with Gasteiger partial charge in [-0.05, 0) is 13.3 Å². The molecule has 1 N–H and O–H groups in total. The Morgan fingerprint density at radius 3 is 3.07 bits per heavy atom. The van der Waals surface area contributed by atoms with Gasteiger partial charge in [0.25, 0.3) is 0 Å². The molecule has 4 nitrogen and oxygen atoms in total. The summed E-state index contributed by atoms with van der Waals surface area (Å²) < 4.78 is 5.46. The maximum Gasteiger partial charge on any atom is 0.332 e. The number of hydrogen-bond acceptors (Lipinski definition) is 3. The van der Waals surface area contributed by atoms with Crippen LogP contribution in [0.15, 0.2) is 12.2 Å². The number of ether oxygens (including phenoxy) is 1. The third-order valence-electron chi connectivity index (χ3n) is 2.25. The molecule has 0 spiro atoms. The van der Waals surface area contributed by atoms with Gasteiger partial charge in [-0.3, -0.25) is 4.90 Å². The molecular weight excluding hydrogens is 182 g/mol. The topological polar surface area (TPSA) is 49.8 Å². The molecule has 0 aromatic carbocycles. The minimum Gasteiger partial charge on any atom is -0.478 e. The standard InChI is InChI=1S/C10H17NO3/c1-8(10(12)13)6-11-4-3-5-14-9(2)7-11/h9H,1,3-7H2,2H3,(H,12,13). The van der Waals surface area contributed by atoms with E-state index in [0.29, 0.717) is 6.54 Å². The van der Waals surface area contributed by atoms with Gasteiger partial charge in [0.2, 0.25) is 0 Å². The molecule has 80 valence electrons. The van der Waals surface area contributed by atoms with Crippen LogP contribution in [0.5, 0.6) is 0 Å². The highest BCUT2D eigenvalue weighted by Gasteiger charge is 2.17. The maximum atomic E-state index is 10.6. The van der Waals surface area contributed by atoms with Gasteiger partial charge < -0.3 is 9.84 Å². The van der Waals surface area contributed by atoms with E-state index in [1.807, 2.05) is 6.92 Å². The van der Waals surface area contributed by atoms with Crippen molar-refractivity contribution in [3.8, 4) is 0 Å². The van der Waals surface area contributed by atoms with Crippen LogP contribution >= 0.6 is 0 Å². The number of carboxylic acids is 1. The summed E-state index contributed by atoms with van der Waals surface area (Å²) in [5, 5.41) is 8.69. The second kappa shape index (κ2) is 5.12. The number of carbonyl (C=O) groups is 1. The first-order valence-corrected chi connectivity index (χ1v) is 4.84. The molecule has 1 heterocycles. The van der Waals surface area contributed by atoms with Crippen LogP contribution < -0.4 is 0 Å². The molecule has 0 aromatic rings. The molecule has 4 heteroatoms. The maximum absolute atomic E-state index is 10.6. The quantitative estimate of drug-likeness (QED) is 0.681. The Kier molecular flexibility index (Phi) is 4.10. The summed E-state index contributed by atoms with van der Waals surface area (Å²) in [4.78, 5) is 12.7. The molecule has 1 rings (SSSR count). The van der Waals surface area contributed by atoms with Gasteiger partial charge in [-0.25, -0.2) is 4.79 Å². The van der Waals surface area contributed by atoms with Crippen molar-refractivity contribution in [3.05, 3.63) is 12.2 Å². The van der Waals surface area contributed by atoms with Crippen LogP contribution in [0.3, 0.4) is 0 Å². The first kappa shape index (κ1) is 11.2. The first-order valence-electron chi connectivity index (χ1n) is 4.84. The van der Waals surface area contributed by atoms with E-state index in [1.165, 1.54) is 0 Å². The fourth-order valence-corrected chi connectivity index (χ4v) is 1.56. The van der Waals surface area contributed by atoms with E-state index >= 15 is 0 Å². The van der Waals surface area contributed by atoms with Gasteiger partial charge in [0.15, 0.2) is 0 Å². The van der Waals surface area contributed by atoms with Crippen molar-refractivity contribution in [2.75, 3.05) is 26.2 Å². The van der Waals surface area contributed by atoms with Crippen molar-refractivity contribution in [2.24, 2.45) is 0 Å². The second-order valence-corrected chi connectivity index (χ2v) is 3.68. The van der Waals surface area contributed by atoms with E-state index < -0.39 is 5.97 Å². The molecule has 1 aliphatic heterocycles. The molecule has 0 saturated carbocycles. The van der Waals surface area contributed by atoms with Crippen molar-refractivity contribution in [2.45, 2.75) is 19.4 Å². The average Bonchev–Trinajstić information content (AvgIpc) is 2.29. The molecule has 0 amide bonds. The predicted octanol–water partition coefficient (Wildman–Crippen LogP) is 0.738. The van der Waals surface area contributed by atoms with Crippen molar-refractivity contribution >= 4 is 5.97 Å². The van der Waals surface area contributed by atoms with E-state index in [0.717, 1.165) is 26.1 Å². The summed E-state index contributed by atoms with van der Waals surface area (Å²) in [6, 6.07) is 0. The molecule has 1 fully saturated rings. The zero-order valence-corrected chi connectivity index (χ0v) is 8.53. The lowest BCUT2D eigenvalue weighted by Crippen LogP contribution is -2.33. The smallest absolute Gasteiger partial charge is 0.332 e. The highest BCUT2D eigenvalue weighted by molar-refractivity contribution is 5.86. The SMILES string of the molecule is C=C(CN1CCCOC(C)C1)C(=O)O. The minimum absolute atomic E-state index is 0.180. The summed E-state index contributed by atoms with van der Waals surface area (Å²) in [6.07, 6.45) is 1.14. The van der Waals surface area contributed by atoms with Gasteiger partial charge in [0.1, 0.15) is 0 Å². The fourth-order valence-electron chi connectivity index (χ4n) is 1.56. The molecule has 0 bridgehead atoms. The van der Waals surface area contributed by atoms with E-state index in [-0.39, 0.29) is 11.7 Å². The van der Waals surface area contributed by atoms with E-state index in [1.54, 1.807) is 0 Å². The molecule has 1 unspecified atom stereocenters. The molecule has 1 saturated heterocycles. The van der Waals surface area contributed by atoms with Crippen molar-refractivity contribution < 1.29 is 14.6 Å². The Labute approximate surface area is 84.2 Å². The Morgan fingerprint density at radius 1 is 1.71 bits per heavy atom. The van der Waals surface area contributed by atoms with Gasteiger partial charge in [0.05, 0.1) is 6.10 Å². The summed E-state index contributed by atoms with van der Waals surface area (Å²) >= 11 is 0. The fraction of sp³-hybridized carbons (Fsp3) is 0.700. The second-order valence-electron chi connectivity index (χ2n) is 3.68. The average molecular weight is 199 g/mol. The van der Waals surface area contributed by atoms with Crippen LogP contribution in [0.1, 0.15) is 13.3 Å². The van der Waals surface area contributed by atoms with E-state index in [2.05, 4.69) is 11.5 Å². The van der Waals surface area contributed by atoms with Crippen molar-refractivity contribution in [1.29, 1.82) is 0 Å². The summed E-state index contributed by atoms with van der Waals surface area (Å²) in [5.41, 5.74) is 0.249. The van der Waals surface area contributed by atoms with Crippen LogP contribution in [0.4, 0.5) is 0 Å². The molecule has 14 heavy (non-hydrogen) atoms. The normalized spacial score (nSPS) is 24.2. The zero-order chi connectivity index (χ0) is 10.6. The van der Waals surface area contributed by atoms with Crippen molar-refractivity contribution in [3.63, 3.8) is 0 Å². The Hall–Kier alpha value is -0.870. The highest BCUT2D eigenvalue weighted by Crippen LogP contribution is 2.07. The number of nitrogens with zero attached hydrogens (tertiary/aromatic N) is 1. The van der Waals surface area contributed by atoms with E-state index in [4.69, 9.17) is 9.84 Å². The molecule has 0 radical (unpaired) electrons. The molecular formula is C10H17NO3. The lowest BCUT2D eigenvalue weighted by molar-refractivity contribution is -0.132. The Balaban J connectivity index is 2.42. The Bertz CT molecular complexity index is 227. The van der Waals surface area contributed by atoms with Crippen LogP contribution in [0.2, 0.25) is 0 Å². The number of aliphatic carboxylic acids is 1. The molecule has 0 aliphatic carbocycles. The summed E-state index contributed by atoms with van der Waals surface area (Å²) in [6.45, 7) is 8.39. The largest absolute Gasteiger partial charge is 0.478 e. The van der Waals surface area contributed by atoms with Gasteiger partial charge in [-0.15, -0.1) is 0 Å². The number of hydrogen-bond donors (Lipinski definition) is 1. The minimum atomic E-state index is -0.914. The zero-order valence-electron chi connectivity index (χ0n) is 8.53. The number of carboxylic acid groups (broad SMARTS) is 1. The monoisotopic (exact) mass is 199 g/mol. The summed E-state index contributed by atoms with van der Waals surface area (Å²) in [5.74, 6) is -0.914. The van der Waals surface area contributed by atoms with Crippen LogP contribution in [0.25, 0.3) is 0 Å². The lowest BCUT2D eigenvalue weighted by atomic mass is 10.2. The van der Waals surface area contributed by atoms with Gasteiger partial charge in [0, 0.05) is 31.8 Å². The molecule has 1 atom stereocenters. The van der Waals surface area contributed by atoms with Crippen LogP contribution in [-0.4, -0.2) is 48.3 Å². The number of rotatable bonds is 3. The van der Waals surface area contributed by atoms with Crippen molar-refractivity contribution in [1.82, 2.24) is 4.90 Å². The van der Waals surface area contributed by atoms with Crippen LogP contribution in [-0.2, 0) is 9.53 Å².